The molecule has 0 aromatic rings. The van der Waals surface area contributed by atoms with Gasteiger partial charge in [-0.3, -0.25) is 0 Å². The maximum atomic E-state index is 10.0. The molecular weight excluding hydrogens is 324 g/mol. The zero-order chi connectivity index (χ0) is 14.8. The van der Waals surface area contributed by atoms with E-state index in [-0.39, 0.29) is 6.10 Å². The normalized spacial score (nSPS) is 52.4. The van der Waals surface area contributed by atoms with Crippen molar-refractivity contribution >= 4 is 15.9 Å². The van der Waals surface area contributed by atoms with Crippen LogP contribution in [-0.4, -0.2) is 11.2 Å². The van der Waals surface area contributed by atoms with Crippen LogP contribution in [0.2, 0.25) is 0 Å². The van der Waals surface area contributed by atoms with Crippen molar-refractivity contribution < 1.29 is 5.11 Å². The van der Waals surface area contributed by atoms with Crippen molar-refractivity contribution in [2.24, 2.45) is 28.6 Å². The summed E-state index contributed by atoms with van der Waals surface area (Å²) >= 11 is 3.86. The van der Waals surface area contributed by atoms with E-state index in [1.165, 1.54) is 36.6 Å². The first-order valence-corrected chi connectivity index (χ1v) is 9.48. The largest absolute Gasteiger partial charge is 0.393 e. The number of aliphatic hydroxyl groups excluding tert-OH is 1. The Labute approximate surface area is 137 Å². The van der Waals surface area contributed by atoms with Gasteiger partial charge in [0, 0.05) is 5.41 Å². The molecule has 4 aliphatic carbocycles. The molecule has 4 aliphatic rings. The molecule has 0 saturated heterocycles. The van der Waals surface area contributed by atoms with E-state index in [2.05, 4.69) is 41.9 Å². The fraction of sp³-hybridized carbons (Fsp3) is 0.789. The van der Waals surface area contributed by atoms with E-state index in [9.17, 15) is 5.11 Å². The van der Waals surface area contributed by atoms with Crippen LogP contribution < -0.4 is 0 Å². The zero-order valence-corrected chi connectivity index (χ0v) is 14.8. The second kappa shape index (κ2) is 4.71. The molecular formula is C19H27BrO. The second-order valence-corrected chi connectivity index (χ2v) is 9.25. The lowest BCUT2D eigenvalue weighted by molar-refractivity contribution is -0.0271. The summed E-state index contributed by atoms with van der Waals surface area (Å²) in [6.45, 7) is 4.98. The summed E-state index contributed by atoms with van der Waals surface area (Å²) in [6, 6.07) is 0. The summed E-state index contributed by atoms with van der Waals surface area (Å²) in [4.78, 5) is 0. The molecule has 0 amide bonds. The lowest BCUT2D eigenvalue weighted by Crippen LogP contribution is -2.49. The fourth-order valence-corrected chi connectivity index (χ4v) is 6.84. The van der Waals surface area contributed by atoms with E-state index in [0.29, 0.717) is 10.8 Å². The summed E-state index contributed by atoms with van der Waals surface area (Å²) < 4.78 is 1.47. The molecule has 4 rings (SSSR count). The van der Waals surface area contributed by atoms with E-state index in [1.807, 2.05) is 0 Å². The SMILES string of the molecule is C[C@]12CC[C@H](O)CC1=CC[C@@H]1[C@@H]2CC[C@]2(C)C(Br)=CC[C@@H]12. The molecule has 2 saturated carbocycles. The molecule has 0 unspecified atom stereocenters. The van der Waals surface area contributed by atoms with Crippen molar-refractivity contribution in [3.63, 3.8) is 0 Å². The van der Waals surface area contributed by atoms with Gasteiger partial charge >= 0.3 is 0 Å². The molecule has 6 atom stereocenters. The van der Waals surface area contributed by atoms with Gasteiger partial charge in [-0.15, -0.1) is 0 Å². The molecule has 21 heavy (non-hydrogen) atoms. The zero-order valence-electron chi connectivity index (χ0n) is 13.2. The van der Waals surface area contributed by atoms with E-state index >= 15 is 0 Å². The van der Waals surface area contributed by atoms with Gasteiger partial charge in [0.25, 0.3) is 0 Å². The van der Waals surface area contributed by atoms with Gasteiger partial charge in [0.05, 0.1) is 6.10 Å². The van der Waals surface area contributed by atoms with Gasteiger partial charge < -0.3 is 5.11 Å². The molecule has 0 aromatic heterocycles. The summed E-state index contributed by atoms with van der Waals surface area (Å²) in [5.41, 5.74) is 2.35. The van der Waals surface area contributed by atoms with E-state index < -0.39 is 0 Å². The molecule has 0 spiro atoms. The number of hydrogen-bond acceptors (Lipinski definition) is 1. The van der Waals surface area contributed by atoms with Crippen LogP contribution in [0, 0.1) is 28.6 Å². The van der Waals surface area contributed by atoms with Crippen molar-refractivity contribution in [3.05, 3.63) is 22.2 Å². The van der Waals surface area contributed by atoms with Crippen LogP contribution in [0.25, 0.3) is 0 Å². The highest BCUT2D eigenvalue weighted by Gasteiger charge is 2.56. The number of allylic oxidation sites excluding steroid dienone is 3. The highest BCUT2D eigenvalue weighted by atomic mass is 79.9. The van der Waals surface area contributed by atoms with Crippen LogP contribution in [0.15, 0.2) is 22.2 Å². The number of hydrogen-bond donors (Lipinski definition) is 1. The van der Waals surface area contributed by atoms with Crippen LogP contribution in [0.3, 0.4) is 0 Å². The lowest BCUT2D eigenvalue weighted by atomic mass is 9.48. The minimum Gasteiger partial charge on any atom is -0.393 e. The highest BCUT2D eigenvalue weighted by molar-refractivity contribution is 9.11. The number of fused-ring (bicyclic) bond motifs is 5. The molecule has 1 nitrogen and oxygen atoms in total. The van der Waals surface area contributed by atoms with Gasteiger partial charge in [-0.05, 0) is 72.6 Å². The van der Waals surface area contributed by atoms with Crippen LogP contribution >= 0.6 is 15.9 Å². The third-order valence-electron chi connectivity index (χ3n) is 7.56. The highest BCUT2D eigenvalue weighted by Crippen LogP contribution is 2.65. The molecule has 0 radical (unpaired) electrons. The van der Waals surface area contributed by atoms with Crippen molar-refractivity contribution in [1.82, 2.24) is 0 Å². The van der Waals surface area contributed by atoms with Gasteiger partial charge in [-0.1, -0.05) is 47.5 Å². The Balaban J connectivity index is 1.68. The Morgan fingerprint density at radius 1 is 1.05 bits per heavy atom. The third-order valence-corrected chi connectivity index (χ3v) is 8.79. The first-order valence-electron chi connectivity index (χ1n) is 8.69. The fourth-order valence-electron chi connectivity index (χ4n) is 6.16. The molecule has 116 valence electrons. The van der Waals surface area contributed by atoms with Crippen molar-refractivity contribution in [3.8, 4) is 0 Å². The topological polar surface area (TPSA) is 20.2 Å². The quantitative estimate of drug-likeness (QED) is 0.595. The number of aliphatic hydroxyl groups is 1. The predicted molar refractivity (Wildman–Crippen MR) is 90.1 cm³/mol. The first-order chi connectivity index (χ1) is 9.95. The monoisotopic (exact) mass is 350 g/mol. The van der Waals surface area contributed by atoms with Gasteiger partial charge in [0.2, 0.25) is 0 Å². The molecule has 1 N–H and O–H groups in total. The summed E-state index contributed by atoms with van der Waals surface area (Å²) in [5, 5.41) is 10.0. The molecule has 0 bridgehead atoms. The van der Waals surface area contributed by atoms with Crippen LogP contribution in [0.1, 0.15) is 58.8 Å². The van der Waals surface area contributed by atoms with Crippen LogP contribution in [-0.2, 0) is 0 Å². The summed E-state index contributed by atoms with van der Waals surface area (Å²) in [6.07, 6.45) is 13.2. The Kier molecular flexibility index (Phi) is 3.25. The number of halogens is 1. The number of rotatable bonds is 0. The minimum atomic E-state index is -0.0861. The summed E-state index contributed by atoms with van der Waals surface area (Å²) in [7, 11) is 0. The van der Waals surface area contributed by atoms with Crippen molar-refractivity contribution in [2.75, 3.05) is 0 Å². The van der Waals surface area contributed by atoms with Gasteiger partial charge in [0.1, 0.15) is 0 Å². The Hall–Kier alpha value is -0.0800. The Bertz CT molecular complexity index is 522. The first kappa shape index (κ1) is 14.5. The molecule has 2 heteroatoms. The van der Waals surface area contributed by atoms with Gasteiger partial charge in [-0.25, -0.2) is 0 Å². The summed E-state index contributed by atoms with van der Waals surface area (Å²) in [5.74, 6) is 2.51. The van der Waals surface area contributed by atoms with Crippen molar-refractivity contribution in [1.29, 1.82) is 0 Å². The predicted octanol–water partition coefficient (Wildman–Crippen LogP) is 5.20. The smallest absolute Gasteiger partial charge is 0.0577 e. The molecule has 0 heterocycles. The average Bonchev–Trinajstić information content (AvgIpc) is 2.76. The van der Waals surface area contributed by atoms with E-state index in [1.54, 1.807) is 5.57 Å². The van der Waals surface area contributed by atoms with E-state index in [4.69, 9.17) is 0 Å². The second-order valence-electron chi connectivity index (χ2n) is 8.40. The van der Waals surface area contributed by atoms with Crippen LogP contribution in [0.4, 0.5) is 0 Å². The Morgan fingerprint density at radius 3 is 2.62 bits per heavy atom. The van der Waals surface area contributed by atoms with Crippen LogP contribution in [0.5, 0.6) is 0 Å². The van der Waals surface area contributed by atoms with E-state index in [0.717, 1.165) is 30.6 Å². The van der Waals surface area contributed by atoms with Crippen molar-refractivity contribution in [2.45, 2.75) is 64.9 Å². The minimum absolute atomic E-state index is 0.0861. The maximum absolute atomic E-state index is 10.0. The van der Waals surface area contributed by atoms with Gasteiger partial charge in [0.15, 0.2) is 0 Å². The molecule has 0 aromatic carbocycles. The Morgan fingerprint density at radius 2 is 1.81 bits per heavy atom. The third kappa shape index (κ3) is 1.91. The maximum Gasteiger partial charge on any atom is 0.0577 e. The lowest BCUT2D eigenvalue weighted by Gasteiger charge is -2.57. The average molecular weight is 351 g/mol. The standard InChI is InChI=1S/C19H27BrO/c1-18-9-7-13(21)11-12(18)3-4-14-15-5-6-17(20)19(15,2)10-8-16(14)18/h3,6,13-16,21H,4-5,7-11H2,1-2H3/t13-,14-,15-,16-,18-,19-/m0/s1. The van der Waals surface area contributed by atoms with Gasteiger partial charge in [-0.2, -0.15) is 0 Å². The molecule has 2 fully saturated rings. The molecule has 0 aliphatic heterocycles.